The van der Waals surface area contributed by atoms with E-state index in [2.05, 4.69) is 11.8 Å². The van der Waals surface area contributed by atoms with Gasteiger partial charge in [-0.25, -0.2) is 4.39 Å². The fourth-order valence-electron chi connectivity index (χ4n) is 3.25. The number of benzene rings is 2. The van der Waals surface area contributed by atoms with Crippen molar-refractivity contribution in [1.29, 1.82) is 0 Å². The van der Waals surface area contributed by atoms with Gasteiger partial charge in [0.2, 0.25) is 0 Å². The van der Waals surface area contributed by atoms with Crippen LogP contribution in [-0.2, 0) is 6.61 Å². The van der Waals surface area contributed by atoms with Crippen LogP contribution < -0.4 is 9.47 Å². The Morgan fingerprint density at radius 3 is 2.61 bits per heavy atom. The zero-order valence-electron chi connectivity index (χ0n) is 16.2. The molecule has 0 N–H and O–H groups in total. The third-order valence-corrected chi connectivity index (χ3v) is 5.73. The van der Waals surface area contributed by atoms with E-state index in [-0.39, 0.29) is 12.4 Å². The van der Waals surface area contributed by atoms with E-state index < -0.39 is 0 Å². The van der Waals surface area contributed by atoms with Crippen molar-refractivity contribution in [3.8, 4) is 11.5 Å². The van der Waals surface area contributed by atoms with Gasteiger partial charge in [-0.15, -0.1) is 0 Å². The highest BCUT2D eigenvalue weighted by Crippen LogP contribution is 2.38. The van der Waals surface area contributed by atoms with Gasteiger partial charge in [0.15, 0.2) is 11.5 Å². The molecule has 2 aromatic carbocycles. The van der Waals surface area contributed by atoms with Gasteiger partial charge in [0.1, 0.15) is 17.4 Å². The van der Waals surface area contributed by atoms with Crippen LogP contribution in [0.3, 0.4) is 0 Å². The van der Waals surface area contributed by atoms with E-state index in [1.54, 1.807) is 24.3 Å². The largest absolute Gasteiger partial charge is 0.490 e. The highest BCUT2D eigenvalue weighted by molar-refractivity contribution is 7.80. The van der Waals surface area contributed by atoms with Gasteiger partial charge >= 0.3 is 0 Å². The molecule has 0 atom stereocenters. The molecular formula is C22H25ClFNO2S. The molecule has 6 heteroatoms. The summed E-state index contributed by atoms with van der Waals surface area (Å²) in [5.74, 6) is 1.35. The van der Waals surface area contributed by atoms with Gasteiger partial charge in [0.05, 0.1) is 11.6 Å². The van der Waals surface area contributed by atoms with Gasteiger partial charge in [-0.2, -0.15) is 0 Å². The third kappa shape index (κ3) is 4.95. The summed E-state index contributed by atoms with van der Waals surface area (Å²) in [6.45, 7) is 6.60. The second-order valence-electron chi connectivity index (χ2n) is 7.07. The molecule has 1 aliphatic rings. The second-order valence-corrected chi connectivity index (χ2v) is 7.87. The number of piperidine rings is 1. The third-order valence-electron chi connectivity index (χ3n) is 4.96. The van der Waals surface area contributed by atoms with Crippen LogP contribution in [0.2, 0.25) is 5.02 Å². The summed E-state index contributed by atoms with van der Waals surface area (Å²) in [6.07, 6.45) is 2.27. The van der Waals surface area contributed by atoms with E-state index in [1.165, 1.54) is 6.07 Å². The Labute approximate surface area is 176 Å². The Bertz CT molecular complexity index is 837. The summed E-state index contributed by atoms with van der Waals surface area (Å²) in [5, 5.41) is 0.407. The minimum Gasteiger partial charge on any atom is -0.490 e. The summed E-state index contributed by atoms with van der Waals surface area (Å²) >= 11 is 12.2. The lowest BCUT2D eigenvalue weighted by Gasteiger charge is -2.32. The van der Waals surface area contributed by atoms with E-state index in [1.807, 2.05) is 13.0 Å². The van der Waals surface area contributed by atoms with E-state index in [4.69, 9.17) is 33.3 Å². The summed E-state index contributed by atoms with van der Waals surface area (Å²) in [4.78, 5) is 2.99. The molecule has 0 bridgehead atoms. The average molecular weight is 422 g/mol. The number of hydrogen-bond donors (Lipinski definition) is 0. The number of hydrogen-bond acceptors (Lipinski definition) is 3. The van der Waals surface area contributed by atoms with Crippen molar-refractivity contribution in [3.63, 3.8) is 0 Å². The Balaban J connectivity index is 1.81. The normalized spacial score (nSPS) is 14.8. The molecule has 2 aromatic rings. The average Bonchev–Trinajstić information content (AvgIpc) is 2.68. The highest BCUT2D eigenvalue weighted by Gasteiger charge is 2.21. The molecule has 0 radical (unpaired) electrons. The maximum Gasteiger partial charge on any atom is 0.180 e. The van der Waals surface area contributed by atoms with Crippen LogP contribution in [0.25, 0.3) is 0 Å². The van der Waals surface area contributed by atoms with Crippen molar-refractivity contribution in [2.24, 2.45) is 5.92 Å². The van der Waals surface area contributed by atoms with Crippen molar-refractivity contribution < 1.29 is 13.9 Å². The predicted octanol–water partition coefficient (Wildman–Crippen LogP) is 5.86. The summed E-state index contributed by atoms with van der Waals surface area (Å²) in [5.41, 5.74) is 1.30. The van der Waals surface area contributed by atoms with E-state index in [9.17, 15) is 4.39 Å². The van der Waals surface area contributed by atoms with Crippen LogP contribution in [0, 0.1) is 11.7 Å². The maximum atomic E-state index is 13.9. The highest BCUT2D eigenvalue weighted by atomic mass is 35.5. The van der Waals surface area contributed by atoms with Crippen molar-refractivity contribution in [3.05, 3.63) is 58.4 Å². The van der Waals surface area contributed by atoms with Crippen LogP contribution in [0.4, 0.5) is 4.39 Å². The van der Waals surface area contributed by atoms with Crippen LogP contribution in [0.15, 0.2) is 36.4 Å². The van der Waals surface area contributed by atoms with Gasteiger partial charge in [0.25, 0.3) is 0 Å². The lowest BCUT2D eigenvalue weighted by atomic mass is 9.99. The fourth-order valence-corrected chi connectivity index (χ4v) is 3.82. The SMILES string of the molecule is CCOc1cc(C(=S)N2CCC(C)CC2)cc(Cl)c1OCc1ccccc1F. The summed E-state index contributed by atoms with van der Waals surface area (Å²) in [7, 11) is 0. The monoisotopic (exact) mass is 421 g/mol. The first-order valence-electron chi connectivity index (χ1n) is 9.61. The number of thiocarbonyl (C=S) groups is 1. The first-order chi connectivity index (χ1) is 13.5. The molecule has 0 aliphatic carbocycles. The van der Waals surface area contributed by atoms with Crippen LogP contribution in [0.5, 0.6) is 11.5 Å². The number of ether oxygens (including phenoxy) is 2. The molecule has 0 unspecified atom stereocenters. The lowest BCUT2D eigenvalue weighted by Crippen LogP contribution is -2.37. The van der Waals surface area contributed by atoms with Crippen LogP contribution in [0.1, 0.15) is 37.8 Å². The Morgan fingerprint density at radius 1 is 1.21 bits per heavy atom. The Kier molecular flexibility index (Phi) is 7.13. The number of rotatable bonds is 6. The second kappa shape index (κ2) is 9.57. The molecule has 0 saturated carbocycles. The fraction of sp³-hybridized carbons (Fsp3) is 0.409. The van der Waals surface area contributed by atoms with Gasteiger partial charge in [-0.3, -0.25) is 0 Å². The minimum atomic E-state index is -0.311. The first-order valence-corrected chi connectivity index (χ1v) is 10.4. The minimum absolute atomic E-state index is 0.0697. The molecule has 28 heavy (non-hydrogen) atoms. The van der Waals surface area contributed by atoms with Crippen molar-refractivity contribution in [2.45, 2.75) is 33.3 Å². The van der Waals surface area contributed by atoms with Crippen molar-refractivity contribution in [1.82, 2.24) is 4.90 Å². The molecular weight excluding hydrogens is 397 g/mol. The molecule has 0 spiro atoms. The topological polar surface area (TPSA) is 21.7 Å². The standard InChI is InChI=1S/C22H25ClFNO2S/c1-3-26-20-13-17(22(28)25-10-8-15(2)9-11-25)12-18(23)21(20)27-14-16-6-4-5-7-19(16)24/h4-7,12-13,15H,3,8-11,14H2,1-2H3. The summed E-state index contributed by atoms with van der Waals surface area (Å²) in [6, 6.07) is 10.2. The summed E-state index contributed by atoms with van der Waals surface area (Å²) < 4.78 is 25.5. The quantitative estimate of drug-likeness (QED) is 0.544. The number of likely N-dealkylation sites (tertiary alicyclic amines) is 1. The zero-order chi connectivity index (χ0) is 20.1. The van der Waals surface area contributed by atoms with Gasteiger partial charge < -0.3 is 14.4 Å². The van der Waals surface area contributed by atoms with Crippen molar-refractivity contribution in [2.75, 3.05) is 19.7 Å². The number of halogens is 2. The lowest BCUT2D eigenvalue weighted by molar-refractivity contribution is 0.265. The molecule has 1 heterocycles. The van der Waals surface area contributed by atoms with E-state index >= 15 is 0 Å². The van der Waals surface area contributed by atoms with Crippen molar-refractivity contribution >= 4 is 28.8 Å². The molecule has 150 valence electrons. The molecule has 3 rings (SSSR count). The van der Waals surface area contributed by atoms with Gasteiger partial charge in [0, 0.05) is 24.2 Å². The predicted molar refractivity (Wildman–Crippen MR) is 115 cm³/mol. The first kappa shape index (κ1) is 20.9. The molecule has 1 aliphatic heterocycles. The maximum absolute atomic E-state index is 13.9. The van der Waals surface area contributed by atoms with E-state index in [0.29, 0.717) is 28.7 Å². The Morgan fingerprint density at radius 2 is 1.93 bits per heavy atom. The van der Waals surface area contributed by atoms with Crippen LogP contribution >= 0.6 is 23.8 Å². The molecule has 1 fully saturated rings. The molecule has 0 aromatic heterocycles. The Hall–Kier alpha value is -1.85. The van der Waals surface area contributed by atoms with Gasteiger partial charge in [-0.1, -0.05) is 48.9 Å². The zero-order valence-corrected chi connectivity index (χ0v) is 17.8. The smallest absolute Gasteiger partial charge is 0.180 e. The number of nitrogens with zero attached hydrogens (tertiary/aromatic N) is 1. The molecule has 0 amide bonds. The molecule has 3 nitrogen and oxygen atoms in total. The van der Waals surface area contributed by atoms with E-state index in [0.717, 1.165) is 42.4 Å². The van der Waals surface area contributed by atoms with Crippen LogP contribution in [-0.4, -0.2) is 29.6 Å². The molecule has 1 saturated heterocycles. The van der Waals surface area contributed by atoms with Gasteiger partial charge in [-0.05, 0) is 43.9 Å².